The maximum absolute atomic E-state index is 12.4. The number of hydrogen-bond acceptors (Lipinski definition) is 3. The summed E-state index contributed by atoms with van der Waals surface area (Å²) in [7, 11) is 2.08. The lowest BCUT2D eigenvalue weighted by molar-refractivity contribution is -0.125. The molecule has 1 aromatic heterocycles. The smallest absolute Gasteiger partial charge is 0.225 e. The molecule has 0 bridgehead atoms. The molecule has 1 aromatic carbocycles. The van der Waals surface area contributed by atoms with Crippen molar-refractivity contribution in [3.05, 3.63) is 54.1 Å². The molecule has 2 atom stereocenters. The molecule has 29 heavy (non-hydrogen) atoms. The van der Waals surface area contributed by atoms with Gasteiger partial charge in [-0.2, -0.15) is 0 Å². The summed E-state index contributed by atoms with van der Waals surface area (Å²) < 4.78 is 2.14. The molecule has 0 spiro atoms. The van der Waals surface area contributed by atoms with E-state index in [0.29, 0.717) is 11.8 Å². The molecule has 2 aromatic rings. The van der Waals surface area contributed by atoms with Gasteiger partial charge in [0.2, 0.25) is 5.91 Å². The number of aromatic nitrogens is 2. The van der Waals surface area contributed by atoms with E-state index in [9.17, 15) is 4.79 Å². The van der Waals surface area contributed by atoms with Gasteiger partial charge in [0, 0.05) is 49.9 Å². The molecule has 1 N–H and O–H groups in total. The Balaban J connectivity index is 1.31. The van der Waals surface area contributed by atoms with E-state index < -0.39 is 0 Å². The number of nitrogens with zero attached hydrogens (tertiary/aromatic N) is 3. The fourth-order valence-electron chi connectivity index (χ4n) is 4.57. The van der Waals surface area contributed by atoms with E-state index in [4.69, 9.17) is 0 Å². The van der Waals surface area contributed by atoms with E-state index in [2.05, 4.69) is 64.1 Å². The molecule has 4 rings (SSSR count). The lowest BCUT2D eigenvalue weighted by atomic mass is 9.92. The second-order valence-corrected chi connectivity index (χ2v) is 9.27. The van der Waals surface area contributed by atoms with Crippen LogP contribution in [-0.4, -0.2) is 46.5 Å². The number of nitrogens with one attached hydrogen (secondary N) is 1. The second kappa shape index (κ2) is 8.70. The van der Waals surface area contributed by atoms with Crippen LogP contribution in [0.4, 0.5) is 0 Å². The molecule has 5 heteroatoms. The van der Waals surface area contributed by atoms with E-state index in [1.807, 2.05) is 12.5 Å². The van der Waals surface area contributed by atoms with E-state index >= 15 is 0 Å². The number of hydrogen-bond donors (Lipinski definition) is 1. The van der Waals surface area contributed by atoms with Crippen LogP contribution in [0.5, 0.6) is 0 Å². The van der Waals surface area contributed by atoms with Gasteiger partial charge in [0.05, 0.1) is 6.33 Å². The van der Waals surface area contributed by atoms with Gasteiger partial charge in [-0.05, 0) is 50.1 Å². The van der Waals surface area contributed by atoms with Crippen LogP contribution in [0.1, 0.15) is 49.8 Å². The van der Waals surface area contributed by atoms with Crippen molar-refractivity contribution in [3.63, 3.8) is 0 Å². The number of benzene rings is 1. The van der Waals surface area contributed by atoms with Crippen LogP contribution in [0.3, 0.4) is 0 Å². The Hall–Kier alpha value is -2.14. The Morgan fingerprint density at radius 2 is 2.00 bits per heavy atom. The van der Waals surface area contributed by atoms with E-state index in [1.165, 1.54) is 24.1 Å². The van der Waals surface area contributed by atoms with Gasteiger partial charge in [-0.1, -0.05) is 37.3 Å². The molecule has 1 saturated carbocycles. The van der Waals surface area contributed by atoms with Gasteiger partial charge in [0.15, 0.2) is 0 Å². The molecular weight excluding hydrogens is 360 g/mol. The molecule has 156 valence electrons. The first-order valence-electron chi connectivity index (χ1n) is 11.1. The average molecular weight is 395 g/mol. The van der Waals surface area contributed by atoms with Gasteiger partial charge < -0.3 is 14.8 Å². The summed E-state index contributed by atoms with van der Waals surface area (Å²) >= 11 is 0. The van der Waals surface area contributed by atoms with E-state index in [1.54, 1.807) is 0 Å². The number of amides is 1. The molecule has 1 amide bonds. The first-order chi connectivity index (χ1) is 14.0. The van der Waals surface area contributed by atoms with Crippen LogP contribution >= 0.6 is 0 Å². The highest BCUT2D eigenvalue weighted by Crippen LogP contribution is 2.45. The molecular formula is C24H34N4O. The van der Waals surface area contributed by atoms with Crippen molar-refractivity contribution >= 4 is 5.91 Å². The normalized spacial score (nSPS) is 23.2. The quantitative estimate of drug-likeness (QED) is 0.664. The maximum Gasteiger partial charge on any atom is 0.225 e. The van der Waals surface area contributed by atoms with Crippen molar-refractivity contribution in [3.8, 4) is 0 Å². The van der Waals surface area contributed by atoms with Crippen LogP contribution < -0.4 is 5.32 Å². The van der Waals surface area contributed by atoms with Crippen molar-refractivity contribution in [1.29, 1.82) is 0 Å². The summed E-state index contributed by atoms with van der Waals surface area (Å²) in [5, 5.41) is 3.25. The van der Waals surface area contributed by atoms with Gasteiger partial charge >= 0.3 is 0 Å². The number of imidazole rings is 1. The monoisotopic (exact) mass is 394 g/mol. The predicted molar refractivity (Wildman–Crippen MR) is 116 cm³/mol. The lowest BCUT2D eigenvalue weighted by Gasteiger charge is -2.20. The Kier molecular flexibility index (Phi) is 6.04. The third kappa shape index (κ3) is 4.89. The van der Waals surface area contributed by atoms with E-state index in [-0.39, 0.29) is 11.3 Å². The molecule has 2 aliphatic rings. The Morgan fingerprint density at radius 1 is 1.21 bits per heavy atom. The standard InChI is InChI=1S/C24H34N4O/c1-24(11-12-24)23(29)26-14-20-16-28(17-21(20)22-15-25-18-27(22)2)13-7-6-10-19-8-4-3-5-9-19/h3-5,8-9,15,18,20-21H,6-7,10-14,16-17H2,1-2H3,(H,26,29)/t20-,21-/m1/s1. The number of unbranched alkanes of at least 4 members (excludes halogenated alkanes) is 1. The van der Waals surface area contributed by atoms with Gasteiger partial charge in [0.25, 0.3) is 0 Å². The summed E-state index contributed by atoms with van der Waals surface area (Å²) in [6.07, 6.45) is 9.53. The SMILES string of the molecule is Cn1cncc1[C@@H]1CN(CCCCc2ccccc2)C[C@H]1CNC(=O)C1(C)CC1. The highest BCUT2D eigenvalue weighted by molar-refractivity contribution is 5.84. The van der Waals surface area contributed by atoms with Crippen molar-refractivity contribution < 1.29 is 4.79 Å². The molecule has 1 saturated heterocycles. The zero-order chi connectivity index (χ0) is 20.3. The minimum atomic E-state index is -0.0994. The number of aryl methyl sites for hydroxylation is 2. The Bertz CT molecular complexity index is 811. The summed E-state index contributed by atoms with van der Waals surface area (Å²) in [5.41, 5.74) is 2.61. The summed E-state index contributed by atoms with van der Waals surface area (Å²) in [6, 6.07) is 10.8. The molecule has 0 radical (unpaired) electrons. The summed E-state index contributed by atoms with van der Waals surface area (Å²) in [4.78, 5) is 19.3. The first-order valence-corrected chi connectivity index (χ1v) is 11.1. The third-order valence-corrected chi connectivity index (χ3v) is 6.86. The van der Waals surface area contributed by atoms with Crippen LogP contribution in [0.25, 0.3) is 0 Å². The molecule has 2 heterocycles. The number of carbonyl (C=O) groups is 1. The van der Waals surface area contributed by atoms with Gasteiger partial charge in [0.1, 0.15) is 0 Å². The number of likely N-dealkylation sites (tertiary alicyclic amines) is 1. The van der Waals surface area contributed by atoms with Crippen molar-refractivity contribution in [1.82, 2.24) is 19.8 Å². The first kappa shape index (κ1) is 20.1. The number of carbonyl (C=O) groups excluding carboxylic acids is 1. The van der Waals surface area contributed by atoms with Crippen molar-refractivity contribution in [2.45, 2.75) is 44.9 Å². The van der Waals surface area contributed by atoms with Crippen LogP contribution in [0.2, 0.25) is 0 Å². The predicted octanol–water partition coefficient (Wildman–Crippen LogP) is 3.37. The summed E-state index contributed by atoms with van der Waals surface area (Å²) in [5.74, 6) is 1.12. The Labute approximate surface area is 174 Å². The van der Waals surface area contributed by atoms with Gasteiger partial charge in [-0.3, -0.25) is 4.79 Å². The van der Waals surface area contributed by atoms with Gasteiger partial charge in [-0.25, -0.2) is 4.98 Å². The third-order valence-electron chi connectivity index (χ3n) is 6.86. The lowest BCUT2D eigenvalue weighted by Crippen LogP contribution is -2.36. The minimum absolute atomic E-state index is 0.0994. The molecule has 0 unspecified atom stereocenters. The Morgan fingerprint density at radius 3 is 2.69 bits per heavy atom. The van der Waals surface area contributed by atoms with Crippen molar-refractivity contribution in [2.75, 3.05) is 26.2 Å². The van der Waals surface area contributed by atoms with Crippen LogP contribution in [-0.2, 0) is 18.3 Å². The zero-order valence-electron chi connectivity index (χ0n) is 17.8. The van der Waals surface area contributed by atoms with Crippen LogP contribution in [0.15, 0.2) is 42.9 Å². The van der Waals surface area contributed by atoms with E-state index in [0.717, 1.165) is 45.4 Å². The topological polar surface area (TPSA) is 50.2 Å². The van der Waals surface area contributed by atoms with Crippen molar-refractivity contribution in [2.24, 2.45) is 18.4 Å². The average Bonchev–Trinajstić information content (AvgIpc) is 3.15. The summed E-state index contributed by atoms with van der Waals surface area (Å²) in [6.45, 7) is 6.09. The second-order valence-electron chi connectivity index (χ2n) is 9.27. The highest BCUT2D eigenvalue weighted by Gasteiger charge is 2.45. The molecule has 2 fully saturated rings. The minimum Gasteiger partial charge on any atom is -0.355 e. The zero-order valence-corrected chi connectivity index (χ0v) is 17.8. The fourth-order valence-corrected chi connectivity index (χ4v) is 4.57. The number of rotatable bonds is 9. The molecule has 1 aliphatic heterocycles. The molecule has 5 nitrogen and oxygen atoms in total. The highest BCUT2D eigenvalue weighted by atomic mass is 16.2. The van der Waals surface area contributed by atoms with Gasteiger partial charge in [-0.15, -0.1) is 0 Å². The maximum atomic E-state index is 12.4. The van der Waals surface area contributed by atoms with Crippen LogP contribution in [0, 0.1) is 11.3 Å². The largest absolute Gasteiger partial charge is 0.355 e. The fraction of sp³-hybridized carbons (Fsp3) is 0.583. The molecule has 1 aliphatic carbocycles.